The smallest absolute Gasteiger partial charge is 0.329 e. The molecule has 0 spiro atoms. The molecule has 10 nitrogen and oxygen atoms in total. The van der Waals surface area contributed by atoms with Gasteiger partial charge in [-0.1, -0.05) is 35.9 Å². The molecule has 0 aromatic heterocycles. The van der Waals surface area contributed by atoms with Crippen LogP contribution in [-0.2, 0) is 20.9 Å². The van der Waals surface area contributed by atoms with E-state index in [4.69, 9.17) is 25.8 Å². The number of ether oxygens (including phenoxy) is 3. The van der Waals surface area contributed by atoms with Crippen LogP contribution < -0.4 is 30.3 Å². The third-order valence-electron chi connectivity index (χ3n) is 5.03. The maximum Gasteiger partial charge on any atom is 0.329 e. The predicted molar refractivity (Wildman–Crippen MR) is 144 cm³/mol. The number of hydrogen-bond acceptors (Lipinski definition) is 7. The molecule has 0 saturated heterocycles. The average Bonchev–Trinajstić information content (AvgIpc) is 2.93. The first-order valence-corrected chi connectivity index (χ1v) is 12.1. The van der Waals surface area contributed by atoms with E-state index in [-0.39, 0.29) is 35.4 Å². The highest BCUT2D eigenvalue weighted by molar-refractivity contribution is 6.35. The van der Waals surface area contributed by atoms with Crippen LogP contribution in [0.15, 0.2) is 65.8 Å². The fourth-order valence-electron chi connectivity index (χ4n) is 3.17. The van der Waals surface area contributed by atoms with Crippen LogP contribution in [-0.4, -0.2) is 44.3 Å². The molecule has 0 unspecified atom stereocenters. The summed E-state index contributed by atoms with van der Waals surface area (Å²) >= 11 is 6.33. The highest BCUT2D eigenvalue weighted by Crippen LogP contribution is 2.36. The molecule has 0 saturated carbocycles. The van der Waals surface area contributed by atoms with E-state index in [1.54, 1.807) is 44.4 Å². The number of rotatable bonds is 11. The van der Waals surface area contributed by atoms with Crippen molar-refractivity contribution in [2.75, 3.05) is 25.6 Å². The van der Waals surface area contributed by atoms with Gasteiger partial charge in [0.25, 0.3) is 5.91 Å². The fourth-order valence-corrected chi connectivity index (χ4v) is 3.45. The lowest BCUT2D eigenvalue weighted by Crippen LogP contribution is -2.37. The first-order valence-electron chi connectivity index (χ1n) is 11.7. The van der Waals surface area contributed by atoms with E-state index in [1.165, 1.54) is 36.5 Å². The number of hydrogen-bond donors (Lipinski definition) is 3. The topological polar surface area (TPSA) is 127 Å². The summed E-state index contributed by atoms with van der Waals surface area (Å²) in [7, 11) is 1.55. The number of carbonyl (C=O) groups excluding carboxylic acids is 3. The number of anilines is 1. The summed E-state index contributed by atoms with van der Waals surface area (Å²) in [4.78, 5) is 36.3. The van der Waals surface area contributed by atoms with Crippen LogP contribution in [0.2, 0.25) is 5.02 Å². The van der Waals surface area contributed by atoms with Gasteiger partial charge in [-0.05, 0) is 54.4 Å². The molecule has 0 aliphatic heterocycles. The molecule has 3 aromatic rings. The summed E-state index contributed by atoms with van der Waals surface area (Å²) in [5.74, 6) is -2.02. The molecule has 39 heavy (non-hydrogen) atoms. The largest absolute Gasteiger partial charge is 0.497 e. The summed E-state index contributed by atoms with van der Waals surface area (Å²) in [5.41, 5.74) is 3.36. The lowest BCUT2D eigenvalue weighted by atomic mass is 10.2. The Morgan fingerprint density at radius 3 is 2.46 bits per heavy atom. The number of hydrazone groups is 1. The summed E-state index contributed by atoms with van der Waals surface area (Å²) in [6.07, 6.45) is 1.26. The van der Waals surface area contributed by atoms with Crippen LogP contribution in [0.3, 0.4) is 0 Å². The standard InChI is InChI=1S/C27H26ClFN4O6/c1-3-38-23-13-18(12-20(28)25(23)39-16-24(34)32-22-7-5-4-6-21(22)29)15-31-33-27(36)26(35)30-14-17-8-10-19(37-2)11-9-17/h4-13,15H,3,14,16H2,1-2H3,(H,30,35)(H,32,34)(H,33,36)/b31-15-. The van der Waals surface area contributed by atoms with E-state index in [1.807, 2.05) is 0 Å². The Bertz CT molecular complexity index is 1350. The van der Waals surface area contributed by atoms with Crippen molar-refractivity contribution in [3.8, 4) is 17.2 Å². The molecule has 3 N–H and O–H groups in total. The number of para-hydroxylation sites is 1. The maximum atomic E-state index is 13.8. The van der Waals surface area contributed by atoms with Crippen LogP contribution in [0.1, 0.15) is 18.1 Å². The van der Waals surface area contributed by atoms with Crippen molar-refractivity contribution in [1.29, 1.82) is 0 Å². The van der Waals surface area contributed by atoms with Gasteiger partial charge in [-0.3, -0.25) is 14.4 Å². The van der Waals surface area contributed by atoms with Gasteiger partial charge in [0.2, 0.25) is 0 Å². The molecular weight excluding hydrogens is 531 g/mol. The number of methoxy groups -OCH3 is 1. The summed E-state index contributed by atoms with van der Waals surface area (Å²) in [5, 5.41) is 8.79. The SMILES string of the molecule is CCOc1cc(/C=N\NC(=O)C(=O)NCc2ccc(OC)cc2)cc(Cl)c1OCC(=O)Nc1ccccc1F. The maximum absolute atomic E-state index is 13.8. The van der Waals surface area contributed by atoms with Crippen LogP contribution in [0, 0.1) is 5.82 Å². The monoisotopic (exact) mass is 556 g/mol. The van der Waals surface area contributed by atoms with Crippen molar-refractivity contribution in [3.63, 3.8) is 0 Å². The molecule has 0 heterocycles. The van der Waals surface area contributed by atoms with Gasteiger partial charge in [0, 0.05) is 6.54 Å². The second-order valence-electron chi connectivity index (χ2n) is 7.81. The van der Waals surface area contributed by atoms with Crippen molar-refractivity contribution in [2.45, 2.75) is 13.5 Å². The number of nitrogens with one attached hydrogen (secondary N) is 3. The highest BCUT2D eigenvalue weighted by atomic mass is 35.5. The van der Waals surface area contributed by atoms with Crippen LogP contribution >= 0.6 is 11.6 Å². The number of halogens is 2. The number of nitrogens with zero attached hydrogens (tertiary/aromatic N) is 1. The van der Waals surface area contributed by atoms with Gasteiger partial charge in [0.05, 0.1) is 30.6 Å². The van der Waals surface area contributed by atoms with E-state index in [2.05, 4.69) is 21.2 Å². The lowest BCUT2D eigenvalue weighted by molar-refractivity contribution is -0.139. The second kappa shape index (κ2) is 14.3. The fraction of sp³-hybridized carbons (Fsp3) is 0.185. The van der Waals surface area contributed by atoms with Gasteiger partial charge in [0.15, 0.2) is 18.1 Å². The van der Waals surface area contributed by atoms with Crippen LogP contribution in [0.5, 0.6) is 17.2 Å². The first-order chi connectivity index (χ1) is 18.8. The number of benzene rings is 3. The molecule has 0 fully saturated rings. The molecule has 0 bridgehead atoms. The van der Waals surface area contributed by atoms with Crippen molar-refractivity contribution in [3.05, 3.63) is 82.6 Å². The van der Waals surface area contributed by atoms with Crippen LogP contribution in [0.4, 0.5) is 10.1 Å². The Kier molecular flexibility index (Phi) is 10.6. The van der Waals surface area contributed by atoms with E-state index in [0.717, 1.165) is 5.56 Å². The molecule has 0 aliphatic rings. The molecule has 0 aliphatic carbocycles. The van der Waals surface area contributed by atoms with Gasteiger partial charge < -0.3 is 24.8 Å². The molecule has 12 heteroatoms. The minimum absolute atomic E-state index is 0.0187. The molecule has 3 amide bonds. The number of amides is 3. The van der Waals surface area contributed by atoms with E-state index < -0.39 is 30.1 Å². The Morgan fingerprint density at radius 1 is 1.03 bits per heavy atom. The van der Waals surface area contributed by atoms with Gasteiger partial charge in [-0.15, -0.1) is 0 Å². The molecule has 3 rings (SSSR count). The Morgan fingerprint density at radius 2 is 1.77 bits per heavy atom. The minimum Gasteiger partial charge on any atom is -0.497 e. The number of carbonyl (C=O) groups is 3. The van der Waals surface area contributed by atoms with Crippen molar-refractivity contribution >= 4 is 41.2 Å². The quantitative estimate of drug-likeness (QED) is 0.188. The summed E-state index contributed by atoms with van der Waals surface area (Å²) < 4.78 is 29.9. The zero-order valence-electron chi connectivity index (χ0n) is 21.1. The second-order valence-corrected chi connectivity index (χ2v) is 8.22. The Hall–Kier alpha value is -4.64. The zero-order valence-corrected chi connectivity index (χ0v) is 21.9. The molecule has 204 valence electrons. The van der Waals surface area contributed by atoms with Gasteiger partial charge in [0.1, 0.15) is 11.6 Å². The van der Waals surface area contributed by atoms with Gasteiger partial charge in [-0.2, -0.15) is 5.10 Å². The predicted octanol–water partition coefficient (Wildman–Crippen LogP) is 3.67. The van der Waals surface area contributed by atoms with Crippen LogP contribution in [0.25, 0.3) is 0 Å². The van der Waals surface area contributed by atoms with Crippen molar-refractivity contribution in [1.82, 2.24) is 10.7 Å². The summed E-state index contributed by atoms with van der Waals surface area (Å²) in [6, 6.07) is 15.7. The van der Waals surface area contributed by atoms with Crippen molar-refractivity contribution < 1.29 is 33.0 Å². The highest BCUT2D eigenvalue weighted by Gasteiger charge is 2.16. The third kappa shape index (κ3) is 8.71. The molecule has 0 radical (unpaired) electrons. The van der Waals surface area contributed by atoms with E-state index in [0.29, 0.717) is 11.3 Å². The zero-order chi connectivity index (χ0) is 28.2. The molecular formula is C27H26ClFN4O6. The van der Waals surface area contributed by atoms with Crippen molar-refractivity contribution in [2.24, 2.45) is 5.10 Å². The average molecular weight is 557 g/mol. The van der Waals surface area contributed by atoms with E-state index >= 15 is 0 Å². The normalized spacial score (nSPS) is 10.6. The summed E-state index contributed by atoms with van der Waals surface area (Å²) in [6.45, 7) is 1.70. The first kappa shape index (κ1) is 28.9. The molecule has 0 atom stereocenters. The third-order valence-corrected chi connectivity index (χ3v) is 5.31. The minimum atomic E-state index is -0.961. The Labute approximate surface area is 229 Å². The van der Waals surface area contributed by atoms with Gasteiger partial charge >= 0.3 is 11.8 Å². The Balaban J connectivity index is 1.56. The van der Waals surface area contributed by atoms with E-state index in [9.17, 15) is 18.8 Å². The lowest BCUT2D eigenvalue weighted by Gasteiger charge is -2.14. The molecule has 3 aromatic carbocycles. The van der Waals surface area contributed by atoms with Gasteiger partial charge in [-0.25, -0.2) is 9.82 Å².